The van der Waals surface area contributed by atoms with E-state index in [0.29, 0.717) is 18.1 Å². The molecule has 9 heteroatoms. The topological polar surface area (TPSA) is 83.6 Å². The van der Waals surface area contributed by atoms with Crippen molar-refractivity contribution in [3.8, 4) is 0 Å². The summed E-state index contributed by atoms with van der Waals surface area (Å²) in [6, 6.07) is -0.446. The summed E-state index contributed by atoms with van der Waals surface area (Å²) in [5.74, 6) is 0.315. The van der Waals surface area contributed by atoms with Gasteiger partial charge in [-0.25, -0.2) is 16.8 Å². The number of thiocarbonyl (C=S) groups is 1. The summed E-state index contributed by atoms with van der Waals surface area (Å²) in [5.41, 5.74) is 0. The molecule has 2 unspecified atom stereocenters. The molecule has 2 heterocycles. The fourth-order valence-corrected chi connectivity index (χ4v) is 6.06. The maximum Gasteiger partial charge on any atom is 0.173 e. The zero-order valence-corrected chi connectivity index (χ0v) is 15.0. The van der Waals surface area contributed by atoms with Crippen molar-refractivity contribution in [3.05, 3.63) is 11.5 Å². The maximum absolute atomic E-state index is 11.7. The van der Waals surface area contributed by atoms with E-state index in [1.54, 1.807) is 6.08 Å². The van der Waals surface area contributed by atoms with Crippen LogP contribution in [0.4, 0.5) is 0 Å². The molecule has 126 valence electrons. The van der Waals surface area contributed by atoms with Crippen LogP contribution in [0.5, 0.6) is 0 Å². The molecule has 6 nitrogen and oxygen atoms in total. The molecule has 0 aliphatic carbocycles. The van der Waals surface area contributed by atoms with Gasteiger partial charge in [0.05, 0.1) is 23.3 Å². The number of nitrogens with one attached hydrogen (secondary N) is 1. The molecule has 0 aromatic rings. The first-order valence-corrected chi connectivity index (χ1v) is 11.4. The number of sulfone groups is 2. The predicted octanol–water partition coefficient (Wildman–Crippen LogP) is 0.461. The van der Waals surface area contributed by atoms with Gasteiger partial charge in [0.25, 0.3) is 0 Å². The van der Waals surface area contributed by atoms with Gasteiger partial charge in [-0.1, -0.05) is 13.3 Å². The lowest BCUT2D eigenvalue weighted by molar-refractivity contribution is 0.323. The number of nitrogens with zero attached hydrogens (tertiary/aromatic N) is 1. The lowest BCUT2D eigenvalue weighted by Crippen LogP contribution is -2.50. The molecular weight excluding hydrogens is 344 g/mol. The molecule has 0 aromatic heterocycles. The SMILES string of the molecule is CCCCN(C(=S)NC1C=CS(=O)(=O)C1)C1CCS(=O)(=O)C1. The van der Waals surface area contributed by atoms with Gasteiger partial charge < -0.3 is 10.2 Å². The molecule has 0 spiro atoms. The average Bonchev–Trinajstić information content (AvgIpc) is 2.92. The monoisotopic (exact) mass is 366 g/mol. The van der Waals surface area contributed by atoms with Crippen LogP contribution >= 0.6 is 12.2 Å². The third kappa shape index (κ3) is 4.66. The molecule has 1 fully saturated rings. The fourth-order valence-electron chi connectivity index (χ4n) is 2.71. The Bertz CT molecular complexity index is 655. The second-order valence-electron chi connectivity index (χ2n) is 5.82. The van der Waals surface area contributed by atoms with Crippen molar-refractivity contribution >= 4 is 37.0 Å². The van der Waals surface area contributed by atoms with E-state index in [4.69, 9.17) is 12.2 Å². The van der Waals surface area contributed by atoms with E-state index in [-0.39, 0.29) is 29.3 Å². The van der Waals surface area contributed by atoms with E-state index < -0.39 is 19.7 Å². The standard InChI is InChI=1S/C13H22N2O4S3/c1-2-3-6-15(12-5-8-22(18,19)10-12)13(20)14-11-4-7-21(16,17)9-11/h4,7,11-12H,2-3,5-6,8-10H2,1H3,(H,14,20). The normalized spacial score (nSPS) is 28.6. The molecule has 22 heavy (non-hydrogen) atoms. The molecule has 2 aliphatic heterocycles. The Kier molecular flexibility index (Phi) is 5.50. The van der Waals surface area contributed by atoms with Crippen LogP contribution in [0.2, 0.25) is 0 Å². The Hall–Kier alpha value is -0.670. The van der Waals surface area contributed by atoms with E-state index in [0.717, 1.165) is 12.8 Å². The number of hydrogen-bond acceptors (Lipinski definition) is 5. The number of hydrogen-bond donors (Lipinski definition) is 1. The van der Waals surface area contributed by atoms with Crippen LogP contribution in [0.15, 0.2) is 11.5 Å². The highest BCUT2D eigenvalue weighted by Crippen LogP contribution is 2.19. The summed E-state index contributed by atoms with van der Waals surface area (Å²) in [6.45, 7) is 2.75. The minimum atomic E-state index is -3.14. The lowest BCUT2D eigenvalue weighted by Gasteiger charge is -2.32. The van der Waals surface area contributed by atoms with Gasteiger partial charge in [-0.05, 0) is 31.1 Å². The van der Waals surface area contributed by atoms with Crippen molar-refractivity contribution in [1.29, 1.82) is 0 Å². The van der Waals surface area contributed by atoms with Crippen molar-refractivity contribution in [2.24, 2.45) is 0 Å². The maximum atomic E-state index is 11.7. The summed E-state index contributed by atoms with van der Waals surface area (Å²) in [5, 5.41) is 4.69. The minimum Gasteiger partial charge on any atom is -0.355 e. The Balaban J connectivity index is 2.02. The zero-order chi connectivity index (χ0) is 16.4. The molecule has 2 aliphatic rings. The quantitative estimate of drug-likeness (QED) is 0.708. The van der Waals surface area contributed by atoms with Crippen molar-refractivity contribution in [2.75, 3.05) is 23.8 Å². The molecule has 0 bridgehead atoms. The molecule has 0 amide bonds. The van der Waals surface area contributed by atoms with Crippen molar-refractivity contribution < 1.29 is 16.8 Å². The first kappa shape index (κ1) is 17.7. The van der Waals surface area contributed by atoms with Crippen molar-refractivity contribution in [3.63, 3.8) is 0 Å². The summed E-state index contributed by atoms with van der Waals surface area (Å²) in [4.78, 5) is 1.92. The first-order valence-electron chi connectivity index (χ1n) is 7.41. The van der Waals surface area contributed by atoms with Crippen LogP contribution in [0, 0.1) is 0 Å². The van der Waals surface area contributed by atoms with Crippen molar-refractivity contribution in [2.45, 2.75) is 38.3 Å². The summed E-state index contributed by atoms with van der Waals surface area (Å²) < 4.78 is 46.3. The highest BCUT2D eigenvalue weighted by molar-refractivity contribution is 7.94. The molecular formula is C13H22N2O4S3. The zero-order valence-electron chi connectivity index (χ0n) is 12.6. The minimum absolute atomic E-state index is 0.00226. The highest BCUT2D eigenvalue weighted by Gasteiger charge is 2.34. The molecule has 2 atom stereocenters. The van der Waals surface area contributed by atoms with E-state index in [1.807, 2.05) is 4.90 Å². The third-order valence-electron chi connectivity index (χ3n) is 3.90. The van der Waals surface area contributed by atoms with Gasteiger partial charge in [0, 0.05) is 18.0 Å². The van der Waals surface area contributed by atoms with E-state index in [2.05, 4.69) is 12.2 Å². The van der Waals surface area contributed by atoms with Crippen LogP contribution in [0.1, 0.15) is 26.2 Å². The van der Waals surface area contributed by atoms with Crippen LogP contribution in [0.3, 0.4) is 0 Å². The van der Waals surface area contributed by atoms with Gasteiger partial charge >= 0.3 is 0 Å². The van der Waals surface area contributed by atoms with Crippen LogP contribution < -0.4 is 5.32 Å². The summed E-state index contributed by atoms with van der Waals surface area (Å²) in [6.07, 6.45) is 4.06. The Morgan fingerprint density at radius 3 is 2.55 bits per heavy atom. The van der Waals surface area contributed by atoms with Crippen molar-refractivity contribution in [1.82, 2.24) is 10.2 Å². The molecule has 1 N–H and O–H groups in total. The van der Waals surface area contributed by atoms with Gasteiger partial charge in [-0.15, -0.1) is 0 Å². The Labute approximate surface area is 137 Å². The molecule has 1 saturated heterocycles. The predicted molar refractivity (Wildman–Crippen MR) is 91.1 cm³/mol. The molecule has 0 saturated carbocycles. The van der Waals surface area contributed by atoms with Gasteiger partial charge in [0.15, 0.2) is 24.8 Å². The number of unbranched alkanes of at least 4 members (excludes halogenated alkanes) is 1. The second kappa shape index (κ2) is 6.84. The van der Waals surface area contributed by atoms with Crippen LogP contribution in [-0.4, -0.2) is 62.7 Å². The van der Waals surface area contributed by atoms with Gasteiger partial charge in [-0.2, -0.15) is 0 Å². The van der Waals surface area contributed by atoms with E-state index >= 15 is 0 Å². The molecule has 2 rings (SSSR count). The summed E-state index contributed by atoms with van der Waals surface area (Å²) in [7, 11) is -6.12. The third-order valence-corrected chi connectivity index (χ3v) is 7.40. The Morgan fingerprint density at radius 1 is 1.32 bits per heavy atom. The molecule has 0 aromatic carbocycles. The van der Waals surface area contributed by atoms with Gasteiger partial charge in [0.1, 0.15) is 0 Å². The van der Waals surface area contributed by atoms with E-state index in [1.165, 1.54) is 5.41 Å². The second-order valence-corrected chi connectivity index (χ2v) is 10.4. The lowest BCUT2D eigenvalue weighted by atomic mass is 10.2. The average molecular weight is 367 g/mol. The van der Waals surface area contributed by atoms with E-state index in [9.17, 15) is 16.8 Å². The largest absolute Gasteiger partial charge is 0.355 e. The highest BCUT2D eigenvalue weighted by atomic mass is 32.2. The van der Waals surface area contributed by atoms with Crippen LogP contribution in [0.25, 0.3) is 0 Å². The summed E-state index contributed by atoms with van der Waals surface area (Å²) >= 11 is 5.40. The van der Waals surface area contributed by atoms with Gasteiger partial charge in [0.2, 0.25) is 0 Å². The smallest absolute Gasteiger partial charge is 0.173 e. The Morgan fingerprint density at radius 2 is 2.05 bits per heavy atom. The fraction of sp³-hybridized carbons (Fsp3) is 0.769. The first-order chi connectivity index (χ1) is 10.2. The van der Waals surface area contributed by atoms with Gasteiger partial charge in [-0.3, -0.25) is 0 Å². The number of rotatable bonds is 5. The van der Waals surface area contributed by atoms with Crippen LogP contribution in [-0.2, 0) is 19.7 Å². The molecule has 0 radical (unpaired) electrons.